The molecule has 1 aliphatic heterocycles. The van der Waals surface area contributed by atoms with E-state index in [4.69, 9.17) is 9.15 Å². The highest BCUT2D eigenvalue weighted by molar-refractivity contribution is 7.98. The van der Waals surface area contributed by atoms with Crippen molar-refractivity contribution in [3.8, 4) is 17.1 Å². The lowest BCUT2D eigenvalue weighted by Gasteiger charge is -2.15. The maximum atomic E-state index is 13.9. The van der Waals surface area contributed by atoms with Gasteiger partial charge in [-0.1, -0.05) is 48.2 Å². The van der Waals surface area contributed by atoms with E-state index in [1.54, 1.807) is 24.5 Å². The van der Waals surface area contributed by atoms with E-state index >= 15 is 0 Å². The molecule has 0 bridgehead atoms. The van der Waals surface area contributed by atoms with E-state index in [2.05, 4.69) is 20.5 Å². The molecule has 0 radical (unpaired) electrons. The summed E-state index contributed by atoms with van der Waals surface area (Å²) in [4.78, 5) is 4.56. The Hall–Kier alpha value is -3.65. The van der Waals surface area contributed by atoms with Crippen molar-refractivity contribution in [3.63, 3.8) is 0 Å². The zero-order chi connectivity index (χ0) is 21.0. The number of aromatic nitrogens is 3. The molecule has 5 rings (SSSR count). The molecule has 31 heavy (non-hydrogen) atoms. The molecule has 4 aromatic rings. The molecular weight excluding hydrogens is 415 g/mol. The third-order valence-corrected chi connectivity index (χ3v) is 5.53. The summed E-state index contributed by atoms with van der Waals surface area (Å²) in [5, 5.41) is 12.3. The van der Waals surface area contributed by atoms with E-state index in [0.29, 0.717) is 33.8 Å². The smallest absolute Gasteiger partial charge is 0.247 e. The summed E-state index contributed by atoms with van der Waals surface area (Å²) in [5.41, 5.74) is 2.83. The van der Waals surface area contributed by atoms with Gasteiger partial charge in [0.2, 0.25) is 11.0 Å². The second kappa shape index (κ2) is 8.61. The number of para-hydroxylation sites is 1. The van der Waals surface area contributed by atoms with Crippen LogP contribution in [0.4, 0.5) is 10.1 Å². The lowest BCUT2D eigenvalue weighted by molar-refractivity contribution is 0.266. The Balaban J connectivity index is 1.44. The molecule has 0 fully saturated rings. The molecule has 3 heterocycles. The van der Waals surface area contributed by atoms with E-state index in [9.17, 15) is 4.39 Å². The highest BCUT2D eigenvalue weighted by atomic mass is 32.2. The van der Waals surface area contributed by atoms with Crippen LogP contribution in [0.1, 0.15) is 11.3 Å². The van der Waals surface area contributed by atoms with Gasteiger partial charge in [-0.2, -0.15) is 4.98 Å². The highest BCUT2D eigenvalue weighted by Crippen LogP contribution is 2.36. The lowest BCUT2D eigenvalue weighted by Crippen LogP contribution is -2.23. The van der Waals surface area contributed by atoms with Crippen LogP contribution in [0.2, 0.25) is 0 Å². The Morgan fingerprint density at radius 3 is 2.77 bits per heavy atom. The van der Waals surface area contributed by atoms with Crippen molar-refractivity contribution in [2.24, 2.45) is 0 Å². The number of nitrogens with zero attached hydrogens (tertiary/aromatic N) is 3. The number of hydrogen-bond acceptors (Lipinski definition) is 7. The van der Waals surface area contributed by atoms with Crippen LogP contribution in [0.5, 0.6) is 5.88 Å². The summed E-state index contributed by atoms with van der Waals surface area (Å²) in [5.74, 6) is 1.21. The van der Waals surface area contributed by atoms with E-state index in [0.717, 1.165) is 11.3 Å². The minimum absolute atomic E-state index is 0.254. The van der Waals surface area contributed by atoms with Crippen molar-refractivity contribution < 1.29 is 13.5 Å². The largest absolute Gasteiger partial charge is 0.465 e. The summed E-state index contributed by atoms with van der Waals surface area (Å²) < 4.78 is 25.4. The monoisotopic (exact) mass is 432 g/mol. The quantitative estimate of drug-likeness (QED) is 0.423. The fourth-order valence-electron chi connectivity index (χ4n) is 3.14. The number of hydrogen-bond donors (Lipinski definition) is 1. The molecule has 0 saturated carbocycles. The molecule has 0 amide bonds. The molecule has 8 heteroatoms. The van der Waals surface area contributed by atoms with Gasteiger partial charge >= 0.3 is 0 Å². The zero-order valence-electron chi connectivity index (χ0n) is 16.2. The van der Waals surface area contributed by atoms with Crippen LogP contribution in [-0.2, 0) is 5.75 Å². The molecule has 0 saturated heterocycles. The molecule has 154 valence electrons. The minimum atomic E-state index is -0.492. The van der Waals surface area contributed by atoms with Crippen molar-refractivity contribution in [1.82, 2.24) is 15.2 Å². The van der Waals surface area contributed by atoms with Gasteiger partial charge < -0.3 is 14.5 Å². The Bertz CT molecular complexity index is 1230. The number of rotatable bonds is 5. The standard InChI is InChI=1S/C23H17FN4O2S/c24-18-9-3-1-6-15(18)14-31-23-26-22-21(27-28-23)17-8-2-4-10-19(17)25-20(30-22)12-11-16-7-5-13-29-16/h1-13,20,25H,14H2/b12-11+/t20-/m0/s1. The van der Waals surface area contributed by atoms with Crippen LogP contribution >= 0.6 is 11.8 Å². The fraction of sp³-hybridized carbons (Fsp3) is 0.0870. The number of thioether (sulfide) groups is 1. The third kappa shape index (κ3) is 4.29. The molecule has 0 aliphatic carbocycles. The first-order chi connectivity index (χ1) is 15.3. The SMILES string of the molecule is Fc1ccccc1CSc1nnc2c(n1)O[C@@H](/C=C/c1ccco1)Nc1ccccc1-2. The van der Waals surface area contributed by atoms with Crippen LogP contribution in [0.25, 0.3) is 17.3 Å². The molecule has 2 aromatic heterocycles. The number of anilines is 1. The fourth-order valence-corrected chi connectivity index (χ4v) is 3.91. The Labute approximate surface area is 182 Å². The lowest BCUT2D eigenvalue weighted by atomic mass is 10.1. The van der Waals surface area contributed by atoms with Crippen molar-refractivity contribution in [3.05, 3.63) is 90.1 Å². The molecule has 0 unspecified atom stereocenters. The van der Waals surface area contributed by atoms with Crippen molar-refractivity contribution >= 4 is 23.5 Å². The summed E-state index contributed by atoms with van der Waals surface area (Å²) in [6.45, 7) is 0. The Kier molecular flexibility index (Phi) is 5.37. The summed E-state index contributed by atoms with van der Waals surface area (Å²) >= 11 is 1.30. The van der Waals surface area contributed by atoms with Gasteiger partial charge in [-0.15, -0.1) is 10.2 Å². The number of halogens is 1. The third-order valence-electron chi connectivity index (χ3n) is 4.65. The van der Waals surface area contributed by atoms with Gasteiger partial charge in [0.05, 0.1) is 6.26 Å². The second-order valence-electron chi connectivity index (χ2n) is 6.73. The van der Waals surface area contributed by atoms with Gasteiger partial charge in [-0.3, -0.25) is 0 Å². The number of furan rings is 1. The number of fused-ring (bicyclic) bond motifs is 3. The van der Waals surface area contributed by atoms with Gasteiger partial charge in [-0.05, 0) is 42.0 Å². The molecule has 1 N–H and O–H groups in total. The zero-order valence-corrected chi connectivity index (χ0v) is 17.1. The number of benzene rings is 2. The topological polar surface area (TPSA) is 73.1 Å². The molecular formula is C23H17FN4O2S. The Morgan fingerprint density at radius 2 is 1.90 bits per heavy atom. The highest BCUT2D eigenvalue weighted by Gasteiger charge is 2.23. The van der Waals surface area contributed by atoms with Crippen molar-refractivity contribution in [2.45, 2.75) is 17.1 Å². The van der Waals surface area contributed by atoms with Crippen LogP contribution in [-0.4, -0.2) is 21.4 Å². The van der Waals surface area contributed by atoms with E-state index in [1.807, 2.05) is 48.6 Å². The molecule has 6 nitrogen and oxygen atoms in total. The average Bonchev–Trinajstić information content (AvgIpc) is 3.26. The summed E-state index contributed by atoms with van der Waals surface area (Å²) in [6, 6.07) is 18.1. The average molecular weight is 432 g/mol. The first-order valence-electron chi connectivity index (χ1n) is 9.61. The molecule has 0 spiro atoms. The maximum Gasteiger partial charge on any atom is 0.247 e. The van der Waals surface area contributed by atoms with E-state index in [-0.39, 0.29) is 5.82 Å². The normalized spacial score (nSPS) is 14.9. The van der Waals surface area contributed by atoms with Crippen molar-refractivity contribution in [2.75, 3.05) is 5.32 Å². The number of ether oxygens (including phenoxy) is 1. The van der Waals surface area contributed by atoms with Crippen molar-refractivity contribution in [1.29, 1.82) is 0 Å². The molecule has 2 aromatic carbocycles. The predicted molar refractivity (Wildman–Crippen MR) is 117 cm³/mol. The first-order valence-corrected chi connectivity index (χ1v) is 10.6. The predicted octanol–water partition coefficient (Wildman–Crippen LogP) is 5.41. The first kappa shape index (κ1) is 19.3. The Morgan fingerprint density at radius 1 is 1.03 bits per heavy atom. The van der Waals surface area contributed by atoms with Gasteiger partial charge in [-0.25, -0.2) is 4.39 Å². The van der Waals surface area contributed by atoms with Crippen LogP contribution in [0.3, 0.4) is 0 Å². The maximum absolute atomic E-state index is 13.9. The molecule has 1 atom stereocenters. The van der Waals surface area contributed by atoms with Gasteiger partial charge in [0.1, 0.15) is 11.6 Å². The summed E-state index contributed by atoms with van der Waals surface area (Å²) in [7, 11) is 0. The molecule has 1 aliphatic rings. The van der Waals surface area contributed by atoms with E-state index < -0.39 is 6.23 Å². The van der Waals surface area contributed by atoms with Crippen LogP contribution in [0.15, 0.2) is 82.6 Å². The minimum Gasteiger partial charge on any atom is -0.465 e. The van der Waals surface area contributed by atoms with Gasteiger partial charge in [0.25, 0.3) is 0 Å². The van der Waals surface area contributed by atoms with Gasteiger partial charge in [0, 0.05) is 17.0 Å². The van der Waals surface area contributed by atoms with Crippen LogP contribution in [0, 0.1) is 5.82 Å². The van der Waals surface area contributed by atoms with Gasteiger partial charge in [0.15, 0.2) is 11.9 Å². The van der Waals surface area contributed by atoms with E-state index in [1.165, 1.54) is 17.8 Å². The second-order valence-corrected chi connectivity index (χ2v) is 7.67. The van der Waals surface area contributed by atoms with Crippen LogP contribution < -0.4 is 10.1 Å². The summed E-state index contributed by atoms with van der Waals surface area (Å²) in [6.07, 6.45) is 4.79. The number of nitrogens with one attached hydrogen (secondary N) is 1.